The molecule has 0 aromatic rings. The van der Waals surface area contributed by atoms with Crippen molar-refractivity contribution in [2.45, 2.75) is 117 Å². The number of allylic oxidation sites excluding steroid dienone is 10. The number of rotatable bonds is 8. The molecule has 0 bridgehead atoms. The zero-order valence-electron chi connectivity index (χ0n) is 28.8. The van der Waals surface area contributed by atoms with E-state index in [0.717, 1.165) is 16.7 Å². The highest BCUT2D eigenvalue weighted by atomic mass is 16.6. The molecule has 0 unspecified atom stereocenters. The fourth-order valence-electron chi connectivity index (χ4n) is 7.61. The molecule has 0 aromatic heterocycles. The number of carbonyl (C=O) groups is 2. The molecule has 4 aliphatic rings. The van der Waals surface area contributed by atoms with Crippen LogP contribution in [0.15, 0.2) is 101 Å². The maximum atomic E-state index is 12.5. The van der Waals surface area contributed by atoms with Gasteiger partial charge in [0.05, 0.1) is 17.3 Å². The summed E-state index contributed by atoms with van der Waals surface area (Å²) in [6.45, 7) is 17.3. The second kappa shape index (κ2) is 13.0. The lowest BCUT2D eigenvalue weighted by Crippen LogP contribution is -2.46. The van der Waals surface area contributed by atoms with Gasteiger partial charge < -0.3 is 24.4 Å². The van der Waals surface area contributed by atoms with E-state index < -0.39 is 22.8 Å². The monoisotopic (exact) mass is 630 g/mol. The van der Waals surface area contributed by atoms with Gasteiger partial charge in [0.15, 0.2) is 0 Å². The van der Waals surface area contributed by atoms with Gasteiger partial charge in [0.1, 0.15) is 23.1 Å². The van der Waals surface area contributed by atoms with Crippen LogP contribution in [0.3, 0.4) is 0 Å². The van der Waals surface area contributed by atoms with Gasteiger partial charge in [0.25, 0.3) is 0 Å². The van der Waals surface area contributed by atoms with Gasteiger partial charge in [-0.2, -0.15) is 0 Å². The third-order valence-corrected chi connectivity index (χ3v) is 9.53. The Morgan fingerprint density at radius 2 is 1.61 bits per heavy atom. The quantitative estimate of drug-likeness (QED) is 0.126. The molecule has 2 heterocycles. The minimum Gasteiger partial charge on any atom is -0.462 e. The molecule has 0 amide bonds. The lowest BCUT2D eigenvalue weighted by molar-refractivity contribution is -0.152. The molecule has 7 heteroatoms. The first-order chi connectivity index (χ1) is 21.3. The SMILES string of the molecule is CC(=O)O[C@@H]1CC(C)(C)C(=C=C/C(C)=C/C=C/C=C/C=C(C)/C=C2C=C(/C=C/[C@]34O[C@@]3(C)C[C@H](O)CC4(C)C)C(=O)O/2)[C@@](C)(O)C1. The summed E-state index contributed by atoms with van der Waals surface area (Å²) in [7, 11) is 0. The first-order valence-corrected chi connectivity index (χ1v) is 16.1. The predicted molar refractivity (Wildman–Crippen MR) is 179 cm³/mol. The predicted octanol–water partition coefficient (Wildman–Crippen LogP) is 7.21. The molecule has 2 N–H and O–H groups in total. The Kier molecular flexibility index (Phi) is 9.97. The van der Waals surface area contributed by atoms with Gasteiger partial charge in [-0.15, -0.1) is 5.73 Å². The van der Waals surface area contributed by atoms with Crippen molar-refractivity contribution in [1.29, 1.82) is 0 Å². The van der Waals surface area contributed by atoms with E-state index >= 15 is 0 Å². The smallest absolute Gasteiger partial charge is 0.343 e. The van der Waals surface area contributed by atoms with Crippen molar-refractivity contribution in [2.24, 2.45) is 10.8 Å². The van der Waals surface area contributed by atoms with Crippen molar-refractivity contribution in [3.8, 4) is 0 Å². The Morgan fingerprint density at radius 3 is 2.22 bits per heavy atom. The number of cyclic esters (lactones) is 1. The molecule has 2 aliphatic heterocycles. The minimum atomic E-state index is -1.12. The van der Waals surface area contributed by atoms with Gasteiger partial charge in [0, 0.05) is 30.8 Å². The average molecular weight is 631 g/mol. The van der Waals surface area contributed by atoms with Crippen LogP contribution in [-0.2, 0) is 23.8 Å². The van der Waals surface area contributed by atoms with Crippen molar-refractivity contribution >= 4 is 11.9 Å². The molecular formula is C39H50O7. The van der Waals surface area contributed by atoms with Gasteiger partial charge in [0.2, 0.25) is 0 Å². The molecule has 2 saturated carbocycles. The van der Waals surface area contributed by atoms with Gasteiger partial charge in [-0.05, 0) is 87.5 Å². The summed E-state index contributed by atoms with van der Waals surface area (Å²) in [6.07, 6.45) is 22.3. The molecule has 2 aliphatic carbocycles. The Labute approximate surface area is 274 Å². The zero-order valence-corrected chi connectivity index (χ0v) is 28.8. The van der Waals surface area contributed by atoms with Crippen LogP contribution >= 0.6 is 0 Å². The van der Waals surface area contributed by atoms with Gasteiger partial charge in [-0.1, -0.05) is 64.2 Å². The van der Waals surface area contributed by atoms with Crippen LogP contribution in [-0.4, -0.2) is 51.2 Å². The molecule has 4 rings (SSSR count). The third kappa shape index (κ3) is 7.72. The highest BCUT2D eigenvalue weighted by molar-refractivity contribution is 5.95. The first-order valence-electron chi connectivity index (χ1n) is 16.1. The van der Waals surface area contributed by atoms with E-state index in [4.69, 9.17) is 14.2 Å². The van der Waals surface area contributed by atoms with Crippen molar-refractivity contribution in [3.05, 3.63) is 101 Å². The fourth-order valence-corrected chi connectivity index (χ4v) is 7.61. The number of aliphatic hydroxyl groups excluding tert-OH is 1. The van der Waals surface area contributed by atoms with E-state index in [9.17, 15) is 19.8 Å². The highest BCUT2D eigenvalue weighted by Crippen LogP contribution is 2.66. The van der Waals surface area contributed by atoms with Crippen molar-refractivity contribution in [1.82, 2.24) is 0 Å². The summed E-state index contributed by atoms with van der Waals surface area (Å²) >= 11 is 0. The minimum absolute atomic E-state index is 0.256. The molecule has 248 valence electrons. The summed E-state index contributed by atoms with van der Waals surface area (Å²) in [5.74, 6) is -0.242. The summed E-state index contributed by atoms with van der Waals surface area (Å²) in [5, 5.41) is 21.4. The molecule has 7 nitrogen and oxygen atoms in total. The number of ether oxygens (including phenoxy) is 3. The number of epoxide rings is 1. The van der Waals surface area contributed by atoms with Crippen LogP contribution in [0.1, 0.15) is 88.0 Å². The van der Waals surface area contributed by atoms with E-state index in [-0.39, 0.29) is 29.0 Å². The van der Waals surface area contributed by atoms with Crippen molar-refractivity contribution in [3.63, 3.8) is 0 Å². The second-order valence-electron chi connectivity index (χ2n) is 14.9. The van der Waals surface area contributed by atoms with Crippen molar-refractivity contribution in [2.75, 3.05) is 0 Å². The highest BCUT2D eigenvalue weighted by Gasteiger charge is 2.74. The maximum absolute atomic E-state index is 12.5. The topological polar surface area (TPSA) is 106 Å². The number of hydrogen-bond acceptors (Lipinski definition) is 7. The first kappa shape index (κ1) is 35.4. The number of hydrogen-bond donors (Lipinski definition) is 2. The average Bonchev–Trinajstić information content (AvgIpc) is 3.36. The summed E-state index contributed by atoms with van der Waals surface area (Å²) in [4.78, 5) is 24.0. The Morgan fingerprint density at radius 1 is 0.957 bits per heavy atom. The third-order valence-electron chi connectivity index (χ3n) is 9.53. The summed E-state index contributed by atoms with van der Waals surface area (Å²) in [6, 6.07) is 0. The summed E-state index contributed by atoms with van der Waals surface area (Å²) < 4.78 is 17.1. The van der Waals surface area contributed by atoms with Crippen LogP contribution in [0.5, 0.6) is 0 Å². The Balaban J connectivity index is 1.35. The Bertz CT molecular complexity index is 1510. The van der Waals surface area contributed by atoms with Crippen LogP contribution in [0, 0.1) is 10.8 Å². The number of fused-ring (bicyclic) bond motifs is 1. The van der Waals surface area contributed by atoms with E-state index in [1.54, 1.807) is 19.1 Å². The van der Waals surface area contributed by atoms with E-state index in [0.29, 0.717) is 37.0 Å². The molecular weight excluding hydrogens is 580 g/mol. The molecule has 0 aromatic carbocycles. The fraction of sp³-hybridized carbons (Fsp3) is 0.513. The molecule has 3 fully saturated rings. The normalized spacial score (nSPS) is 34.9. The second-order valence-corrected chi connectivity index (χ2v) is 14.9. The largest absolute Gasteiger partial charge is 0.462 e. The Hall–Kier alpha value is -3.48. The lowest BCUT2D eigenvalue weighted by Gasteiger charge is -2.44. The molecule has 1 saturated heterocycles. The zero-order chi connectivity index (χ0) is 34.1. The maximum Gasteiger partial charge on any atom is 0.343 e. The lowest BCUT2D eigenvalue weighted by atomic mass is 9.63. The molecule has 0 radical (unpaired) electrons. The van der Waals surface area contributed by atoms with E-state index in [1.807, 2.05) is 89.3 Å². The van der Waals surface area contributed by atoms with Gasteiger partial charge in [-0.3, -0.25) is 4.79 Å². The van der Waals surface area contributed by atoms with Crippen LogP contribution < -0.4 is 0 Å². The summed E-state index contributed by atoms with van der Waals surface area (Å²) in [5.41, 5.74) is 3.82. The van der Waals surface area contributed by atoms with Gasteiger partial charge >= 0.3 is 11.9 Å². The number of esters is 2. The van der Waals surface area contributed by atoms with Crippen LogP contribution in [0.25, 0.3) is 0 Å². The van der Waals surface area contributed by atoms with E-state index in [1.165, 1.54) is 6.92 Å². The molecule has 5 atom stereocenters. The molecule has 0 spiro atoms. The van der Waals surface area contributed by atoms with Crippen LogP contribution in [0.4, 0.5) is 0 Å². The molecule has 46 heavy (non-hydrogen) atoms. The van der Waals surface area contributed by atoms with Crippen molar-refractivity contribution < 1.29 is 34.0 Å². The van der Waals surface area contributed by atoms with Gasteiger partial charge in [-0.25, -0.2) is 4.79 Å². The van der Waals surface area contributed by atoms with Crippen LogP contribution in [0.2, 0.25) is 0 Å². The number of aliphatic hydroxyl groups is 2. The standard InChI is InChI=1S/C39H50O7/c1-26(16-17-33-35(4,5)24-32(44-28(3)40)25-37(33,8)43)14-12-10-11-13-15-27(2)20-31-21-29(34(42)45-31)18-19-39-36(6,7)22-30(41)23-38(39,9)46-39/h10-16,18-21,30,32,41,43H,22-25H2,1-9H3/b12-10+,13-11+,19-18+,26-14+,27-15+,31-20-/t17?,30-,32-,37+,38+,39-/m1/s1. The van der Waals surface area contributed by atoms with E-state index in [2.05, 4.69) is 19.6 Å². The number of carbonyl (C=O) groups excluding carboxylic acids is 2.